The van der Waals surface area contributed by atoms with Gasteiger partial charge in [0.15, 0.2) is 6.29 Å². The van der Waals surface area contributed by atoms with Gasteiger partial charge in [0.25, 0.3) is 0 Å². The maximum Gasteiger partial charge on any atom is 0.330 e. The molecule has 4 nitrogen and oxygen atoms in total. The van der Waals surface area contributed by atoms with Crippen LogP contribution in [0.3, 0.4) is 0 Å². The highest BCUT2D eigenvalue weighted by Crippen LogP contribution is 2.21. The predicted octanol–water partition coefficient (Wildman–Crippen LogP) is 2.37. The molecule has 90 valence electrons. The fraction of sp³-hybridized carbons (Fsp3) is 0.167. The largest absolute Gasteiger partial charge is 0.489 e. The summed E-state index contributed by atoms with van der Waals surface area (Å²) in [6.07, 6.45) is 3.49. The molecule has 0 atom stereocenters. The third-order valence-electron chi connectivity index (χ3n) is 1.89. The van der Waals surface area contributed by atoms with Crippen molar-refractivity contribution < 1.29 is 19.1 Å². The fourth-order valence-corrected chi connectivity index (χ4v) is 1.47. The van der Waals surface area contributed by atoms with E-state index in [9.17, 15) is 9.59 Å². The standard InChI is InChI=1S/C12H11BrO4/c1-16-12(15)3-2-6-17-11-5-4-10(13)7-9(11)8-14/h2-5,7-8H,6H2,1H3/b3-2+. The molecule has 0 radical (unpaired) electrons. The quantitative estimate of drug-likeness (QED) is 0.476. The zero-order valence-electron chi connectivity index (χ0n) is 9.18. The topological polar surface area (TPSA) is 52.6 Å². The Bertz CT molecular complexity index is 440. The number of carbonyl (C=O) groups excluding carboxylic acids is 2. The van der Waals surface area contributed by atoms with Gasteiger partial charge in [-0.25, -0.2) is 4.79 Å². The number of halogens is 1. The average Bonchev–Trinajstić information content (AvgIpc) is 2.35. The van der Waals surface area contributed by atoms with Crippen LogP contribution in [0.15, 0.2) is 34.8 Å². The predicted molar refractivity (Wildman–Crippen MR) is 66.2 cm³/mol. The van der Waals surface area contributed by atoms with Gasteiger partial charge in [-0.3, -0.25) is 4.79 Å². The molecular weight excluding hydrogens is 288 g/mol. The lowest BCUT2D eigenvalue weighted by atomic mass is 10.2. The number of hydrogen-bond donors (Lipinski definition) is 0. The van der Waals surface area contributed by atoms with Crippen LogP contribution in [0.2, 0.25) is 0 Å². The van der Waals surface area contributed by atoms with Crippen molar-refractivity contribution in [3.8, 4) is 5.75 Å². The van der Waals surface area contributed by atoms with Gasteiger partial charge in [-0.15, -0.1) is 0 Å². The molecule has 0 N–H and O–H groups in total. The summed E-state index contributed by atoms with van der Waals surface area (Å²) in [4.78, 5) is 21.5. The summed E-state index contributed by atoms with van der Waals surface area (Å²) in [5.74, 6) is 0.0257. The lowest BCUT2D eigenvalue weighted by Gasteiger charge is -2.05. The maximum absolute atomic E-state index is 10.8. The summed E-state index contributed by atoms with van der Waals surface area (Å²) < 4.78 is 10.6. The lowest BCUT2D eigenvalue weighted by molar-refractivity contribution is -0.134. The van der Waals surface area contributed by atoms with E-state index >= 15 is 0 Å². The van der Waals surface area contributed by atoms with Crippen molar-refractivity contribution in [2.75, 3.05) is 13.7 Å². The first-order valence-electron chi connectivity index (χ1n) is 4.79. The molecule has 0 fully saturated rings. The Labute approximate surface area is 107 Å². The SMILES string of the molecule is COC(=O)/C=C/COc1ccc(Br)cc1C=O. The lowest BCUT2D eigenvalue weighted by Crippen LogP contribution is -1.99. The molecule has 0 unspecified atom stereocenters. The zero-order chi connectivity index (χ0) is 12.7. The maximum atomic E-state index is 10.8. The van der Waals surface area contributed by atoms with E-state index in [-0.39, 0.29) is 6.61 Å². The molecule has 0 aliphatic carbocycles. The highest BCUT2D eigenvalue weighted by molar-refractivity contribution is 9.10. The molecule has 17 heavy (non-hydrogen) atoms. The van der Waals surface area contributed by atoms with Crippen LogP contribution in [0.4, 0.5) is 0 Å². The number of rotatable bonds is 5. The van der Waals surface area contributed by atoms with E-state index in [1.165, 1.54) is 19.3 Å². The van der Waals surface area contributed by atoms with Gasteiger partial charge in [-0.2, -0.15) is 0 Å². The van der Waals surface area contributed by atoms with E-state index < -0.39 is 5.97 Å². The summed E-state index contributed by atoms with van der Waals surface area (Å²) >= 11 is 3.26. The van der Waals surface area contributed by atoms with Crippen LogP contribution in [-0.2, 0) is 9.53 Å². The Hall–Kier alpha value is -1.62. The second-order valence-electron chi connectivity index (χ2n) is 3.04. The van der Waals surface area contributed by atoms with Crippen LogP contribution in [0.25, 0.3) is 0 Å². The number of ether oxygens (including phenoxy) is 2. The molecule has 0 heterocycles. The van der Waals surface area contributed by atoms with Crippen LogP contribution >= 0.6 is 15.9 Å². The zero-order valence-corrected chi connectivity index (χ0v) is 10.8. The Morgan fingerprint density at radius 1 is 1.47 bits per heavy atom. The number of aldehydes is 1. The van der Waals surface area contributed by atoms with Crippen LogP contribution in [0.1, 0.15) is 10.4 Å². The fourth-order valence-electron chi connectivity index (χ4n) is 1.09. The van der Waals surface area contributed by atoms with Crippen molar-refractivity contribution >= 4 is 28.2 Å². The summed E-state index contributed by atoms with van der Waals surface area (Å²) in [6, 6.07) is 5.11. The molecule has 0 amide bonds. The van der Waals surface area contributed by atoms with E-state index in [1.54, 1.807) is 18.2 Å². The van der Waals surface area contributed by atoms with Gasteiger partial charge < -0.3 is 9.47 Å². The molecule has 0 aliphatic heterocycles. The normalized spacial score (nSPS) is 10.2. The Morgan fingerprint density at radius 2 is 2.24 bits per heavy atom. The van der Waals surface area contributed by atoms with Crippen LogP contribution < -0.4 is 4.74 Å². The van der Waals surface area contributed by atoms with Crippen molar-refractivity contribution in [1.82, 2.24) is 0 Å². The molecule has 1 aromatic carbocycles. The summed E-state index contributed by atoms with van der Waals surface area (Å²) in [5.41, 5.74) is 0.450. The molecule has 1 aromatic rings. The van der Waals surface area contributed by atoms with Crippen LogP contribution in [0, 0.1) is 0 Å². The van der Waals surface area contributed by atoms with Crippen molar-refractivity contribution in [2.45, 2.75) is 0 Å². The molecule has 0 saturated carbocycles. The van der Waals surface area contributed by atoms with Gasteiger partial charge in [0, 0.05) is 10.5 Å². The van der Waals surface area contributed by atoms with E-state index in [0.717, 1.165) is 4.47 Å². The minimum atomic E-state index is -0.444. The molecule has 5 heteroatoms. The van der Waals surface area contributed by atoms with Crippen molar-refractivity contribution in [3.05, 3.63) is 40.4 Å². The highest BCUT2D eigenvalue weighted by Gasteiger charge is 2.02. The first-order chi connectivity index (χ1) is 8.17. The van der Waals surface area contributed by atoms with Gasteiger partial charge in [0.1, 0.15) is 12.4 Å². The second-order valence-corrected chi connectivity index (χ2v) is 3.95. The smallest absolute Gasteiger partial charge is 0.330 e. The van der Waals surface area contributed by atoms with Gasteiger partial charge in [0.05, 0.1) is 12.7 Å². The van der Waals surface area contributed by atoms with Crippen LogP contribution in [0.5, 0.6) is 5.75 Å². The van der Waals surface area contributed by atoms with E-state index in [1.807, 2.05) is 0 Å². The van der Waals surface area contributed by atoms with Crippen LogP contribution in [-0.4, -0.2) is 26.0 Å². The summed E-state index contributed by atoms with van der Waals surface area (Å²) in [5, 5.41) is 0. The number of esters is 1. The van der Waals surface area contributed by atoms with E-state index in [2.05, 4.69) is 20.7 Å². The first-order valence-corrected chi connectivity index (χ1v) is 5.58. The Morgan fingerprint density at radius 3 is 2.88 bits per heavy atom. The minimum Gasteiger partial charge on any atom is -0.489 e. The third-order valence-corrected chi connectivity index (χ3v) is 2.38. The van der Waals surface area contributed by atoms with E-state index in [4.69, 9.17) is 4.74 Å². The van der Waals surface area contributed by atoms with Crippen molar-refractivity contribution in [3.63, 3.8) is 0 Å². The summed E-state index contributed by atoms with van der Waals surface area (Å²) in [6.45, 7) is 0.192. The molecule has 0 bridgehead atoms. The van der Waals surface area contributed by atoms with Crippen molar-refractivity contribution in [2.24, 2.45) is 0 Å². The highest BCUT2D eigenvalue weighted by atomic mass is 79.9. The number of benzene rings is 1. The molecule has 0 spiro atoms. The molecule has 0 aliphatic rings. The van der Waals surface area contributed by atoms with Gasteiger partial charge in [-0.05, 0) is 24.3 Å². The van der Waals surface area contributed by atoms with Crippen molar-refractivity contribution in [1.29, 1.82) is 0 Å². The molecule has 1 rings (SSSR count). The number of hydrogen-bond acceptors (Lipinski definition) is 4. The molecular formula is C12H11BrO4. The first kappa shape index (κ1) is 13.4. The number of methoxy groups -OCH3 is 1. The Balaban J connectivity index is 2.60. The molecule has 0 aromatic heterocycles. The Kier molecular flexibility index (Phi) is 5.42. The summed E-state index contributed by atoms with van der Waals surface area (Å²) in [7, 11) is 1.30. The van der Waals surface area contributed by atoms with Gasteiger partial charge >= 0.3 is 5.97 Å². The monoisotopic (exact) mass is 298 g/mol. The molecule has 0 saturated heterocycles. The third kappa shape index (κ3) is 4.40. The van der Waals surface area contributed by atoms with E-state index in [0.29, 0.717) is 17.6 Å². The van der Waals surface area contributed by atoms with Gasteiger partial charge in [-0.1, -0.05) is 15.9 Å². The number of carbonyl (C=O) groups is 2. The average molecular weight is 299 g/mol. The minimum absolute atomic E-state index is 0.192. The van der Waals surface area contributed by atoms with Gasteiger partial charge in [0.2, 0.25) is 0 Å². The second kappa shape index (κ2) is 6.85.